The standard InChI is InChI=1S/C22H25N11O2/c1-32-22(34)18-15(10-17(27-21(18)29-32)26-16-9-12(11-23)7-8-24-16)25-14-6-4-5-13(19(14)35-3)20-28-31-33(2)30-20/h4-9,15,17-18,21,25,27,29H,10H2,1-3H3,(H,24,26). The molecule has 0 radical (unpaired) electrons. The highest BCUT2D eigenvalue weighted by Crippen LogP contribution is 2.37. The maximum absolute atomic E-state index is 13.0. The van der Waals surface area contributed by atoms with Gasteiger partial charge in [-0.1, -0.05) is 6.07 Å². The van der Waals surface area contributed by atoms with E-state index < -0.39 is 0 Å². The highest BCUT2D eigenvalue weighted by Gasteiger charge is 2.48. The molecule has 2 aliphatic heterocycles. The Balaban J connectivity index is 1.44. The van der Waals surface area contributed by atoms with E-state index in [0.717, 1.165) is 0 Å². The van der Waals surface area contributed by atoms with Crippen molar-refractivity contribution in [2.24, 2.45) is 13.0 Å². The number of carbonyl (C=O) groups is 1. The van der Waals surface area contributed by atoms with E-state index >= 15 is 0 Å². The second-order valence-corrected chi connectivity index (χ2v) is 8.41. The molecule has 4 atom stereocenters. The Morgan fingerprint density at radius 1 is 1.26 bits per heavy atom. The van der Waals surface area contributed by atoms with E-state index in [4.69, 9.17) is 4.74 Å². The molecule has 0 aliphatic carbocycles. The van der Waals surface area contributed by atoms with Gasteiger partial charge in [0.05, 0.1) is 55.3 Å². The number of carbonyl (C=O) groups excluding carboxylic acids is 1. The number of anilines is 2. The number of piperidine rings is 1. The van der Waals surface area contributed by atoms with Crippen molar-refractivity contribution in [2.75, 3.05) is 24.8 Å². The van der Waals surface area contributed by atoms with Gasteiger partial charge >= 0.3 is 0 Å². The first-order chi connectivity index (χ1) is 17.0. The van der Waals surface area contributed by atoms with Gasteiger partial charge in [-0.2, -0.15) is 10.1 Å². The van der Waals surface area contributed by atoms with E-state index in [1.54, 1.807) is 39.5 Å². The number of hydrogen-bond acceptors (Lipinski definition) is 11. The molecule has 2 saturated heterocycles. The minimum Gasteiger partial charge on any atom is -0.494 e. The summed E-state index contributed by atoms with van der Waals surface area (Å²) in [6.07, 6.45) is 1.62. The molecule has 4 N–H and O–H groups in total. The molecule has 2 aromatic heterocycles. The van der Waals surface area contributed by atoms with E-state index in [9.17, 15) is 10.1 Å². The predicted molar refractivity (Wildman–Crippen MR) is 125 cm³/mol. The van der Waals surface area contributed by atoms with Crippen LogP contribution < -0.4 is 26.1 Å². The Morgan fingerprint density at radius 2 is 2.11 bits per heavy atom. The van der Waals surface area contributed by atoms with Gasteiger partial charge in [-0.05, 0) is 29.5 Å². The Labute approximate surface area is 201 Å². The summed E-state index contributed by atoms with van der Waals surface area (Å²) in [5.41, 5.74) is 5.11. The molecule has 0 saturated carbocycles. The fourth-order valence-electron chi connectivity index (χ4n) is 4.59. The van der Waals surface area contributed by atoms with Crippen LogP contribution in [0.5, 0.6) is 5.75 Å². The van der Waals surface area contributed by atoms with Crippen molar-refractivity contribution in [1.82, 2.24) is 40.9 Å². The molecule has 1 amide bonds. The number of nitrogens with one attached hydrogen (secondary N) is 4. The summed E-state index contributed by atoms with van der Waals surface area (Å²) in [5, 5.41) is 33.3. The van der Waals surface area contributed by atoms with Gasteiger partial charge in [0.1, 0.15) is 5.82 Å². The number of ether oxygens (including phenoxy) is 1. The molecule has 4 unspecified atom stereocenters. The number of nitriles is 1. The maximum Gasteiger partial charge on any atom is 0.244 e. The Morgan fingerprint density at radius 3 is 2.86 bits per heavy atom. The lowest BCUT2D eigenvalue weighted by atomic mass is 9.88. The summed E-state index contributed by atoms with van der Waals surface area (Å²) < 4.78 is 5.73. The van der Waals surface area contributed by atoms with E-state index in [0.29, 0.717) is 40.6 Å². The van der Waals surface area contributed by atoms with Crippen LogP contribution >= 0.6 is 0 Å². The maximum atomic E-state index is 13.0. The van der Waals surface area contributed by atoms with Crippen LogP contribution in [-0.2, 0) is 11.8 Å². The first-order valence-corrected chi connectivity index (χ1v) is 11.1. The number of tetrazole rings is 1. The fraction of sp³-hybridized carbons (Fsp3) is 0.364. The van der Waals surface area contributed by atoms with Gasteiger partial charge in [0.15, 0.2) is 5.75 Å². The highest BCUT2D eigenvalue weighted by molar-refractivity contribution is 5.83. The molecule has 0 bridgehead atoms. The molecule has 0 spiro atoms. The lowest BCUT2D eigenvalue weighted by Gasteiger charge is -2.39. The lowest BCUT2D eigenvalue weighted by molar-refractivity contribution is -0.131. The van der Waals surface area contributed by atoms with Crippen LogP contribution in [0.1, 0.15) is 12.0 Å². The first kappa shape index (κ1) is 22.5. The molecule has 35 heavy (non-hydrogen) atoms. The summed E-state index contributed by atoms with van der Waals surface area (Å²) in [6.45, 7) is 0. The molecule has 13 nitrogen and oxygen atoms in total. The molecule has 2 fully saturated rings. The van der Waals surface area contributed by atoms with Gasteiger partial charge in [-0.3, -0.25) is 15.1 Å². The van der Waals surface area contributed by atoms with E-state index in [1.807, 2.05) is 18.2 Å². The molecule has 1 aromatic carbocycles. The van der Waals surface area contributed by atoms with Crippen molar-refractivity contribution in [1.29, 1.82) is 5.26 Å². The van der Waals surface area contributed by atoms with Crippen molar-refractivity contribution < 1.29 is 9.53 Å². The molecule has 4 heterocycles. The molecule has 2 aliphatic rings. The van der Waals surface area contributed by atoms with Gasteiger partial charge in [0, 0.05) is 25.7 Å². The second kappa shape index (κ2) is 9.16. The van der Waals surface area contributed by atoms with Crippen molar-refractivity contribution >= 4 is 17.4 Å². The zero-order valence-corrected chi connectivity index (χ0v) is 19.4. The number of amides is 1. The van der Waals surface area contributed by atoms with Crippen molar-refractivity contribution in [3.05, 3.63) is 42.1 Å². The summed E-state index contributed by atoms with van der Waals surface area (Å²) in [5.74, 6) is 1.20. The van der Waals surface area contributed by atoms with Crippen LogP contribution in [0, 0.1) is 17.2 Å². The Bertz CT molecular complexity index is 1290. The van der Waals surface area contributed by atoms with Crippen LogP contribution in [-0.4, -0.2) is 68.6 Å². The lowest BCUT2D eigenvalue weighted by Crippen LogP contribution is -2.60. The number of methoxy groups -OCH3 is 1. The number of hydrogen-bond donors (Lipinski definition) is 4. The first-order valence-electron chi connectivity index (χ1n) is 11.1. The Kier molecular flexibility index (Phi) is 5.89. The average molecular weight is 476 g/mol. The highest BCUT2D eigenvalue weighted by atomic mass is 16.5. The number of benzene rings is 1. The average Bonchev–Trinajstić information content (AvgIpc) is 3.41. The normalized spacial score (nSPS) is 23.5. The summed E-state index contributed by atoms with van der Waals surface area (Å²) in [7, 11) is 4.99. The van der Waals surface area contributed by atoms with Gasteiger partial charge in [0.25, 0.3) is 0 Å². The summed E-state index contributed by atoms with van der Waals surface area (Å²) >= 11 is 0. The molecular weight excluding hydrogens is 450 g/mol. The third-order valence-corrected chi connectivity index (χ3v) is 6.13. The van der Waals surface area contributed by atoms with Crippen LogP contribution in [0.4, 0.5) is 11.5 Å². The number of fused-ring (bicyclic) bond motifs is 1. The van der Waals surface area contributed by atoms with E-state index in [1.165, 1.54) is 9.81 Å². The van der Waals surface area contributed by atoms with Gasteiger partial charge in [0.2, 0.25) is 11.7 Å². The third-order valence-electron chi connectivity index (χ3n) is 6.13. The minimum absolute atomic E-state index is 0.0197. The topological polar surface area (TPSA) is 158 Å². The number of rotatable bonds is 6. The van der Waals surface area contributed by atoms with Crippen LogP contribution in [0.25, 0.3) is 11.4 Å². The summed E-state index contributed by atoms with van der Waals surface area (Å²) in [6, 6.07) is 10.8. The zero-order valence-electron chi connectivity index (χ0n) is 19.4. The van der Waals surface area contributed by atoms with E-state index in [2.05, 4.69) is 47.8 Å². The number of aryl methyl sites for hydroxylation is 1. The van der Waals surface area contributed by atoms with Crippen molar-refractivity contribution in [3.63, 3.8) is 0 Å². The fourth-order valence-corrected chi connectivity index (χ4v) is 4.59. The zero-order chi connectivity index (χ0) is 24.5. The number of hydrazine groups is 1. The molecule has 13 heteroatoms. The third kappa shape index (κ3) is 4.32. The van der Waals surface area contributed by atoms with E-state index in [-0.39, 0.29) is 30.2 Å². The molecule has 5 rings (SSSR count). The second-order valence-electron chi connectivity index (χ2n) is 8.41. The SMILES string of the molecule is COc1c(NC2CC(Nc3cc(C#N)ccn3)NC3NN(C)C(=O)C23)cccc1-c1nnn(C)n1. The van der Waals surface area contributed by atoms with Crippen molar-refractivity contribution in [3.8, 4) is 23.2 Å². The van der Waals surface area contributed by atoms with Crippen molar-refractivity contribution in [2.45, 2.75) is 24.8 Å². The predicted octanol–water partition coefficient (Wildman–Crippen LogP) is 0.283. The van der Waals surface area contributed by atoms with Crippen LogP contribution in [0.2, 0.25) is 0 Å². The number of aromatic nitrogens is 5. The van der Waals surface area contributed by atoms with Gasteiger partial charge in [-0.15, -0.1) is 10.2 Å². The number of pyridine rings is 1. The quantitative estimate of drug-likeness (QED) is 0.388. The van der Waals surface area contributed by atoms with Crippen LogP contribution in [0.15, 0.2) is 36.5 Å². The number of nitrogens with zero attached hydrogens (tertiary/aromatic N) is 7. The van der Waals surface area contributed by atoms with Crippen LogP contribution in [0.3, 0.4) is 0 Å². The van der Waals surface area contributed by atoms with Gasteiger partial charge < -0.3 is 15.4 Å². The molecule has 3 aromatic rings. The molecular formula is C22H25N11O2. The van der Waals surface area contributed by atoms with Gasteiger partial charge in [-0.25, -0.2) is 10.4 Å². The smallest absolute Gasteiger partial charge is 0.244 e. The Hall–Kier alpha value is -4.28. The molecule has 180 valence electrons. The summed E-state index contributed by atoms with van der Waals surface area (Å²) in [4.78, 5) is 18.7. The largest absolute Gasteiger partial charge is 0.494 e. The number of para-hydroxylation sites is 1. The monoisotopic (exact) mass is 475 g/mol. The minimum atomic E-state index is -0.362.